The number of ether oxygens (including phenoxy) is 2. The fourth-order valence-electron chi connectivity index (χ4n) is 1.63. The van der Waals surface area contributed by atoms with Gasteiger partial charge in [0.05, 0.1) is 14.2 Å². The lowest BCUT2D eigenvalue weighted by Crippen LogP contribution is -1.98. The normalized spacial score (nSPS) is 11.2. The fourth-order valence-corrected chi connectivity index (χ4v) is 1.63. The molecule has 0 aromatic heterocycles. The van der Waals surface area contributed by atoms with Crippen molar-refractivity contribution in [3.8, 4) is 11.5 Å². The molecule has 98 valence electrons. The second kappa shape index (κ2) is 5.91. The number of methoxy groups -OCH3 is 2. The smallest absolute Gasteiger partial charge is 0.216 e. The van der Waals surface area contributed by atoms with Gasteiger partial charge in [-0.2, -0.15) is 4.74 Å². The van der Waals surface area contributed by atoms with E-state index in [1.165, 1.54) is 6.21 Å². The lowest BCUT2D eigenvalue weighted by molar-refractivity contribution is -0.354. The summed E-state index contributed by atoms with van der Waals surface area (Å²) < 4.78 is 10.9. The van der Waals surface area contributed by atoms with Gasteiger partial charge in [-0.1, -0.05) is 0 Å². The number of rotatable bonds is 4. The summed E-state index contributed by atoms with van der Waals surface area (Å²) in [6, 6.07) is 14.2. The maximum atomic E-state index is 12.0. The van der Waals surface area contributed by atoms with Crippen molar-refractivity contribution in [3.63, 3.8) is 0 Å². The van der Waals surface area contributed by atoms with Crippen molar-refractivity contribution in [1.29, 1.82) is 0 Å². The van der Waals surface area contributed by atoms with Crippen LogP contribution >= 0.6 is 0 Å². The van der Waals surface area contributed by atoms with E-state index in [-0.39, 0.29) is 0 Å². The summed E-state index contributed by atoms with van der Waals surface area (Å²) in [6.07, 6.45) is 1.52. The van der Waals surface area contributed by atoms with Crippen molar-refractivity contribution >= 4 is 11.9 Å². The lowest BCUT2D eigenvalue weighted by atomic mass is 10.2. The lowest BCUT2D eigenvalue weighted by Gasteiger charge is -2.04. The molecule has 0 aliphatic heterocycles. The first-order valence-electron chi connectivity index (χ1n) is 5.82. The molecule has 4 heteroatoms. The van der Waals surface area contributed by atoms with E-state index in [0.29, 0.717) is 5.69 Å². The Labute approximate surface area is 112 Å². The average Bonchev–Trinajstić information content (AvgIpc) is 2.48. The minimum Gasteiger partial charge on any atom is -0.618 e. The summed E-state index contributed by atoms with van der Waals surface area (Å²) in [5.74, 6) is 1.49. The Morgan fingerprint density at radius 2 is 1.32 bits per heavy atom. The zero-order chi connectivity index (χ0) is 13.7. The van der Waals surface area contributed by atoms with Crippen molar-refractivity contribution in [2.45, 2.75) is 0 Å². The third-order valence-corrected chi connectivity index (χ3v) is 2.71. The van der Waals surface area contributed by atoms with Crippen LogP contribution in [0, 0.1) is 5.21 Å². The first-order chi connectivity index (χ1) is 9.22. The number of benzene rings is 2. The SMILES string of the molecule is COc1ccc(/C=[N+](\[O-])c2ccc(OC)cc2)cc1. The summed E-state index contributed by atoms with van der Waals surface area (Å²) in [5, 5.41) is 12.0. The molecule has 0 saturated heterocycles. The van der Waals surface area contributed by atoms with Crippen LogP contribution in [0.25, 0.3) is 0 Å². The summed E-state index contributed by atoms with van der Waals surface area (Å²) in [4.78, 5) is 0. The van der Waals surface area contributed by atoms with Crippen LogP contribution < -0.4 is 9.47 Å². The predicted octanol–water partition coefficient (Wildman–Crippen LogP) is 2.96. The van der Waals surface area contributed by atoms with E-state index in [1.807, 2.05) is 24.3 Å². The second-order valence-electron chi connectivity index (χ2n) is 3.93. The highest BCUT2D eigenvalue weighted by molar-refractivity contribution is 5.76. The molecule has 2 aromatic rings. The van der Waals surface area contributed by atoms with E-state index in [4.69, 9.17) is 9.47 Å². The van der Waals surface area contributed by atoms with Gasteiger partial charge in [-0.25, -0.2) is 0 Å². The molecule has 0 saturated carbocycles. The van der Waals surface area contributed by atoms with Gasteiger partial charge in [0.1, 0.15) is 11.5 Å². The molecule has 0 radical (unpaired) electrons. The molecular weight excluding hydrogens is 242 g/mol. The molecule has 0 bridgehead atoms. The molecular formula is C15H15NO3. The maximum Gasteiger partial charge on any atom is 0.216 e. The maximum absolute atomic E-state index is 12.0. The first kappa shape index (κ1) is 13.0. The van der Waals surface area contributed by atoms with Crippen LogP contribution in [0.1, 0.15) is 5.56 Å². The van der Waals surface area contributed by atoms with E-state index in [2.05, 4.69) is 0 Å². The molecule has 2 aromatic carbocycles. The third-order valence-electron chi connectivity index (χ3n) is 2.71. The van der Waals surface area contributed by atoms with Crippen molar-refractivity contribution in [3.05, 3.63) is 59.3 Å². The van der Waals surface area contributed by atoms with E-state index < -0.39 is 0 Å². The van der Waals surface area contributed by atoms with Crippen molar-refractivity contribution in [2.24, 2.45) is 0 Å². The monoisotopic (exact) mass is 257 g/mol. The Morgan fingerprint density at radius 3 is 1.79 bits per heavy atom. The number of hydrogen-bond acceptors (Lipinski definition) is 3. The van der Waals surface area contributed by atoms with E-state index >= 15 is 0 Å². The van der Waals surface area contributed by atoms with Gasteiger partial charge in [-0.15, -0.1) is 0 Å². The van der Waals surface area contributed by atoms with Gasteiger partial charge in [-0.05, 0) is 36.4 Å². The molecule has 0 atom stereocenters. The summed E-state index contributed by atoms with van der Waals surface area (Å²) in [7, 11) is 3.20. The van der Waals surface area contributed by atoms with Crippen LogP contribution in [-0.2, 0) is 0 Å². The highest BCUT2D eigenvalue weighted by atomic mass is 16.5. The van der Waals surface area contributed by atoms with Crippen molar-refractivity contribution in [2.75, 3.05) is 14.2 Å². The van der Waals surface area contributed by atoms with Gasteiger partial charge in [0.2, 0.25) is 5.69 Å². The number of nitrogens with zero attached hydrogens (tertiary/aromatic N) is 1. The predicted molar refractivity (Wildman–Crippen MR) is 74.4 cm³/mol. The number of hydrogen-bond donors (Lipinski definition) is 0. The fraction of sp³-hybridized carbons (Fsp3) is 0.133. The summed E-state index contributed by atoms with van der Waals surface area (Å²) in [6.45, 7) is 0. The molecule has 2 rings (SSSR count). The molecule has 0 amide bonds. The zero-order valence-corrected chi connectivity index (χ0v) is 10.9. The minimum absolute atomic E-state index is 0.552. The molecule has 0 aliphatic rings. The van der Waals surface area contributed by atoms with Gasteiger partial charge >= 0.3 is 0 Å². The van der Waals surface area contributed by atoms with Gasteiger partial charge in [-0.3, -0.25) is 0 Å². The van der Waals surface area contributed by atoms with Crippen molar-refractivity contribution < 1.29 is 14.2 Å². The largest absolute Gasteiger partial charge is 0.618 e. The molecule has 0 spiro atoms. The Balaban J connectivity index is 2.20. The van der Waals surface area contributed by atoms with Gasteiger partial charge < -0.3 is 14.7 Å². The minimum atomic E-state index is 0.552. The second-order valence-corrected chi connectivity index (χ2v) is 3.93. The third kappa shape index (κ3) is 3.25. The van der Waals surface area contributed by atoms with Crippen LogP contribution in [0.5, 0.6) is 11.5 Å². The van der Waals surface area contributed by atoms with Gasteiger partial charge in [0.15, 0.2) is 6.21 Å². The average molecular weight is 257 g/mol. The Bertz CT molecular complexity index is 559. The zero-order valence-electron chi connectivity index (χ0n) is 10.9. The van der Waals surface area contributed by atoms with E-state index in [0.717, 1.165) is 21.8 Å². The van der Waals surface area contributed by atoms with E-state index in [1.54, 1.807) is 38.5 Å². The van der Waals surface area contributed by atoms with Crippen LogP contribution in [0.4, 0.5) is 5.69 Å². The molecule has 0 fully saturated rings. The summed E-state index contributed by atoms with van der Waals surface area (Å²) >= 11 is 0. The Kier molecular flexibility index (Phi) is 4.03. The standard InChI is InChI=1S/C15H15NO3/c1-18-14-7-3-12(4-8-14)11-16(17)13-5-9-15(19-2)10-6-13/h3-11H,1-2H3/b16-11-. The Morgan fingerprint density at radius 1 is 0.842 bits per heavy atom. The molecule has 19 heavy (non-hydrogen) atoms. The molecule has 0 aliphatic carbocycles. The van der Waals surface area contributed by atoms with Crippen molar-refractivity contribution in [1.82, 2.24) is 0 Å². The summed E-state index contributed by atoms with van der Waals surface area (Å²) in [5.41, 5.74) is 1.36. The van der Waals surface area contributed by atoms with Crippen LogP contribution in [-0.4, -0.2) is 25.2 Å². The van der Waals surface area contributed by atoms with Crippen LogP contribution in [0.3, 0.4) is 0 Å². The quantitative estimate of drug-likeness (QED) is 0.366. The topological polar surface area (TPSA) is 44.5 Å². The van der Waals surface area contributed by atoms with Crippen LogP contribution in [0.15, 0.2) is 48.5 Å². The molecule has 0 unspecified atom stereocenters. The first-order valence-corrected chi connectivity index (χ1v) is 5.82. The molecule has 4 nitrogen and oxygen atoms in total. The van der Waals surface area contributed by atoms with E-state index in [9.17, 15) is 5.21 Å². The van der Waals surface area contributed by atoms with Crippen LogP contribution in [0.2, 0.25) is 0 Å². The van der Waals surface area contributed by atoms with Gasteiger partial charge in [0, 0.05) is 17.7 Å². The Hall–Kier alpha value is -2.49. The highest BCUT2D eigenvalue weighted by Crippen LogP contribution is 2.17. The molecule has 0 heterocycles. The molecule has 0 N–H and O–H groups in total. The highest BCUT2D eigenvalue weighted by Gasteiger charge is 2.02. The van der Waals surface area contributed by atoms with Gasteiger partial charge in [0.25, 0.3) is 0 Å².